The van der Waals surface area contributed by atoms with Crippen LogP contribution in [0.4, 0.5) is 5.69 Å². The number of amides is 2. The second-order valence-corrected chi connectivity index (χ2v) is 14.7. The number of aliphatic hydroxyl groups excluding tert-OH is 1. The Hall–Kier alpha value is -2.98. The van der Waals surface area contributed by atoms with Crippen LogP contribution in [0.5, 0.6) is 0 Å². The van der Waals surface area contributed by atoms with E-state index < -0.39 is 12.1 Å². The van der Waals surface area contributed by atoms with Crippen LogP contribution in [0.2, 0.25) is 0 Å². The Labute approximate surface area is 275 Å². The third-order valence-electron chi connectivity index (χ3n) is 11.5. The van der Waals surface area contributed by atoms with Crippen LogP contribution in [0, 0.1) is 36.0 Å². The topological polar surface area (TPSA) is 106 Å². The zero-order valence-corrected chi connectivity index (χ0v) is 29.2. The molecular formula is C37H55N5O4. The molecule has 1 heterocycles. The number of rotatable bonds is 11. The second kappa shape index (κ2) is 13.6. The van der Waals surface area contributed by atoms with Gasteiger partial charge in [-0.3, -0.25) is 14.4 Å². The van der Waals surface area contributed by atoms with Crippen molar-refractivity contribution in [1.29, 1.82) is 0 Å². The molecule has 2 aromatic rings. The summed E-state index contributed by atoms with van der Waals surface area (Å²) in [6.07, 6.45) is 1.17. The Morgan fingerprint density at radius 2 is 1.91 bits per heavy atom. The molecule has 252 valence electrons. The van der Waals surface area contributed by atoms with Crippen LogP contribution in [0.3, 0.4) is 0 Å². The van der Waals surface area contributed by atoms with Crippen molar-refractivity contribution in [2.45, 2.75) is 85.2 Å². The fourth-order valence-corrected chi connectivity index (χ4v) is 8.42. The molecule has 3 saturated carbocycles. The number of anilines is 1. The number of hydrogen-bond donors (Lipinski definition) is 4. The summed E-state index contributed by atoms with van der Waals surface area (Å²) in [5.74, 6) is 1.05. The van der Waals surface area contributed by atoms with Gasteiger partial charge < -0.3 is 26.0 Å². The second-order valence-electron chi connectivity index (χ2n) is 14.7. The van der Waals surface area contributed by atoms with Crippen molar-refractivity contribution in [1.82, 2.24) is 21.0 Å². The summed E-state index contributed by atoms with van der Waals surface area (Å²) in [5.41, 5.74) is 5.89. The summed E-state index contributed by atoms with van der Waals surface area (Å²) in [6.45, 7) is 14.6. The molecule has 2 bridgehead atoms. The normalized spacial score (nSPS) is 29.1. The SMILES string of the molecule is CCNC[C@@H]1ON(Cc2cccc(-c3cc(C(=O)NC)cc(N(C)C)c3)c2C)[C@H](C(=O)N[C@H]2C[C@@H]3C[C@H]([C@@H]2C)C3(C)C)[C@@H]1[C@H](C)O. The third kappa shape index (κ3) is 6.44. The van der Waals surface area contributed by atoms with Crippen molar-refractivity contribution < 1.29 is 19.5 Å². The number of carbonyl (C=O) groups excluding carboxylic acids is 2. The Morgan fingerprint density at radius 1 is 1.17 bits per heavy atom. The van der Waals surface area contributed by atoms with Gasteiger partial charge in [0, 0.05) is 50.9 Å². The van der Waals surface area contributed by atoms with Crippen LogP contribution < -0.4 is 20.9 Å². The molecule has 6 rings (SSSR count). The quantitative estimate of drug-likeness (QED) is 0.291. The van der Waals surface area contributed by atoms with Gasteiger partial charge in [-0.25, -0.2) is 0 Å². The van der Waals surface area contributed by atoms with Crippen molar-refractivity contribution in [2.75, 3.05) is 39.1 Å². The van der Waals surface area contributed by atoms with Crippen LogP contribution in [-0.4, -0.2) is 80.5 Å². The molecule has 1 aliphatic heterocycles. The van der Waals surface area contributed by atoms with Gasteiger partial charge in [0.15, 0.2) is 0 Å². The van der Waals surface area contributed by atoms with E-state index in [4.69, 9.17) is 4.84 Å². The molecule has 4 fully saturated rings. The highest BCUT2D eigenvalue weighted by Gasteiger charge is 2.57. The van der Waals surface area contributed by atoms with Gasteiger partial charge in [0.1, 0.15) is 6.04 Å². The average Bonchev–Trinajstić information content (AvgIpc) is 3.39. The number of benzene rings is 2. The zero-order chi connectivity index (χ0) is 33.5. The molecule has 46 heavy (non-hydrogen) atoms. The van der Waals surface area contributed by atoms with Crippen molar-refractivity contribution >= 4 is 17.5 Å². The fourth-order valence-electron chi connectivity index (χ4n) is 8.42. The number of fused-ring (bicyclic) bond motifs is 2. The first-order valence-electron chi connectivity index (χ1n) is 17.0. The largest absolute Gasteiger partial charge is 0.393 e. The maximum absolute atomic E-state index is 14.3. The minimum atomic E-state index is -0.732. The molecule has 3 aliphatic carbocycles. The summed E-state index contributed by atoms with van der Waals surface area (Å²) in [4.78, 5) is 35.5. The van der Waals surface area contributed by atoms with Gasteiger partial charge in [0.05, 0.1) is 18.8 Å². The Bertz CT molecular complexity index is 1420. The van der Waals surface area contributed by atoms with Gasteiger partial charge in [-0.15, -0.1) is 0 Å². The van der Waals surface area contributed by atoms with Crippen LogP contribution in [0.25, 0.3) is 11.1 Å². The molecule has 2 amide bonds. The van der Waals surface area contributed by atoms with E-state index in [1.165, 1.54) is 6.42 Å². The molecule has 2 aromatic carbocycles. The molecule has 0 radical (unpaired) electrons. The first kappa shape index (κ1) is 34.4. The fraction of sp³-hybridized carbons (Fsp3) is 0.622. The van der Waals surface area contributed by atoms with Gasteiger partial charge in [-0.05, 0) is 96.9 Å². The van der Waals surface area contributed by atoms with Gasteiger partial charge in [0.25, 0.3) is 5.91 Å². The zero-order valence-electron chi connectivity index (χ0n) is 29.2. The standard InChI is InChI=1S/C37H55N5O4/c1-10-39-19-32-33(23(4)43)34(36(45)40-31-18-27-17-30(22(31)3)37(27,5)6)42(46-32)20-24-12-11-13-29(21(24)2)25-14-26(35(44)38-7)16-28(15-25)41(8)9/h11-16,22-23,27,30-34,39,43H,10,17-20H2,1-9H3,(H,38,44)(H,40,45)/t22-,23-,27-,30+,31-,32-,33+,34-/m0/s1. The van der Waals surface area contributed by atoms with Crippen LogP contribution >= 0.6 is 0 Å². The maximum Gasteiger partial charge on any atom is 0.251 e. The monoisotopic (exact) mass is 633 g/mol. The first-order valence-corrected chi connectivity index (χ1v) is 17.0. The van der Waals surface area contributed by atoms with Gasteiger partial charge >= 0.3 is 0 Å². The van der Waals surface area contributed by atoms with Crippen molar-refractivity contribution in [3.63, 3.8) is 0 Å². The van der Waals surface area contributed by atoms with E-state index in [0.29, 0.717) is 41.8 Å². The Kier molecular flexibility index (Phi) is 10.2. The Balaban J connectivity index is 1.45. The molecular weight excluding hydrogens is 578 g/mol. The van der Waals surface area contributed by atoms with Crippen molar-refractivity contribution in [3.05, 3.63) is 53.1 Å². The summed E-state index contributed by atoms with van der Waals surface area (Å²) in [7, 11) is 5.57. The van der Waals surface area contributed by atoms with Crippen molar-refractivity contribution in [2.24, 2.45) is 29.1 Å². The highest BCUT2D eigenvalue weighted by atomic mass is 16.7. The third-order valence-corrected chi connectivity index (χ3v) is 11.5. The van der Waals surface area contributed by atoms with E-state index in [9.17, 15) is 14.7 Å². The lowest BCUT2D eigenvalue weighted by Gasteiger charge is -2.62. The highest BCUT2D eigenvalue weighted by molar-refractivity contribution is 5.96. The molecule has 1 saturated heterocycles. The number of nitrogens with zero attached hydrogens (tertiary/aromatic N) is 2. The lowest BCUT2D eigenvalue weighted by molar-refractivity contribution is -0.176. The predicted molar refractivity (Wildman–Crippen MR) is 183 cm³/mol. The molecule has 8 atom stereocenters. The molecule has 4 aliphatic rings. The summed E-state index contributed by atoms with van der Waals surface area (Å²) in [5, 5.41) is 22.4. The molecule has 0 aromatic heterocycles. The highest BCUT2D eigenvalue weighted by Crippen LogP contribution is 2.61. The van der Waals surface area contributed by atoms with Gasteiger partial charge in [-0.2, -0.15) is 5.06 Å². The summed E-state index contributed by atoms with van der Waals surface area (Å²) >= 11 is 0. The number of hydrogen-bond acceptors (Lipinski definition) is 7. The molecule has 0 spiro atoms. The summed E-state index contributed by atoms with van der Waals surface area (Å²) in [6, 6.07) is 11.5. The molecule has 9 nitrogen and oxygen atoms in total. The smallest absolute Gasteiger partial charge is 0.251 e. The number of hydroxylamine groups is 2. The lowest BCUT2D eigenvalue weighted by Crippen LogP contribution is -2.62. The minimum Gasteiger partial charge on any atom is -0.393 e. The number of aliphatic hydroxyl groups is 1. The van der Waals surface area contributed by atoms with Gasteiger partial charge in [-0.1, -0.05) is 45.9 Å². The predicted octanol–water partition coefficient (Wildman–Crippen LogP) is 4.37. The van der Waals surface area contributed by atoms with Crippen LogP contribution in [0.15, 0.2) is 36.4 Å². The maximum atomic E-state index is 14.3. The number of likely N-dealkylation sites (N-methyl/N-ethyl adjacent to an activating group) is 1. The first-order chi connectivity index (χ1) is 21.8. The van der Waals surface area contributed by atoms with E-state index in [1.807, 2.05) is 49.2 Å². The molecule has 0 unspecified atom stereocenters. The van der Waals surface area contributed by atoms with E-state index in [-0.39, 0.29) is 29.9 Å². The van der Waals surface area contributed by atoms with Crippen LogP contribution in [-0.2, 0) is 16.2 Å². The minimum absolute atomic E-state index is 0.0661. The number of nitrogens with one attached hydrogen (secondary N) is 3. The Morgan fingerprint density at radius 3 is 2.52 bits per heavy atom. The number of carbonyl (C=O) groups is 2. The molecule has 9 heteroatoms. The van der Waals surface area contributed by atoms with Crippen LogP contribution in [0.1, 0.15) is 68.9 Å². The van der Waals surface area contributed by atoms with Crippen molar-refractivity contribution in [3.8, 4) is 11.1 Å². The molecule has 4 N–H and O–H groups in total. The van der Waals surface area contributed by atoms with E-state index in [2.05, 4.69) is 61.8 Å². The van der Waals surface area contributed by atoms with E-state index in [0.717, 1.165) is 40.9 Å². The van der Waals surface area contributed by atoms with E-state index in [1.54, 1.807) is 14.0 Å². The average molecular weight is 634 g/mol. The van der Waals surface area contributed by atoms with Gasteiger partial charge in [0.2, 0.25) is 5.91 Å². The summed E-state index contributed by atoms with van der Waals surface area (Å²) < 4.78 is 0. The van der Waals surface area contributed by atoms with E-state index >= 15 is 0 Å². The lowest BCUT2D eigenvalue weighted by atomic mass is 9.45.